The number of ether oxygens (including phenoxy) is 2. The Morgan fingerprint density at radius 3 is 2.44 bits per heavy atom. The van der Waals surface area contributed by atoms with Gasteiger partial charge in [0, 0.05) is 27.3 Å². The molecule has 0 spiro atoms. The summed E-state index contributed by atoms with van der Waals surface area (Å²) >= 11 is 0. The molecule has 1 rings (SSSR count). The summed E-state index contributed by atoms with van der Waals surface area (Å²) < 4.78 is 10.0. The minimum atomic E-state index is -0.286. The number of aromatic hydroxyl groups is 2. The first kappa shape index (κ1) is 12.8. The predicted molar refractivity (Wildman–Crippen MR) is 59.3 cm³/mol. The third-order valence-electron chi connectivity index (χ3n) is 2.21. The maximum atomic E-state index is 9.27. The van der Waals surface area contributed by atoms with E-state index in [1.54, 1.807) is 20.3 Å². The summed E-state index contributed by atoms with van der Waals surface area (Å²) in [6.07, 6.45) is -0.286. The molecule has 0 amide bonds. The molecule has 1 aromatic rings. The average molecular weight is 227 g/mol. The number of phenols is 2. The Morgan fingerprint density at radius 2 is 1.88 bits per heavy atom. The van der Waals surface area contributed by atoms with Crippen LogP contribution in [0.15, 0.2) is 18.2 Å². The van der Waals surface area contributed by atoms with Gasteiger partial charge in [0.05, 0.1) is 0 Å². The van der Waals surface area contributed by atoms with Crippen LogP contribution in [0.2, 0.25) is 0 Å². The molecule has 5 heteroatoms. The van der Waals surface area contributed by atoms with Crippen molar-refractivity contribution < 1.29 is 19.7 Å². The maximum Gasteiger partial charge on any atom is 0.169 e. The largest absolute Gasteiger partial charge is 0.504 e. The zero-order valence-electron chi connectivity index (χ0n) is 9.43. The highest BCUT2D eigenvalue weighted by Gasteiger charge is 2.04. The molecule has 0 aliphatic carbocycles. The SMILES string of the molecule is COC(CNCc1ccc(O)c(O)c1)OC. The Kier molecular flexibility index (Phi) is 5.04. The van der Waals surface area contributed by atoms with Crippen LogP contribution in [0, 0.1) is 0 Å². The van der Waals surface area contributed by atoms with E-state index in [9.17, 15) is 5.11 Å². The van der Waals surface area contributed by atoms with Gasteiger partial charge in [-0.05, 0) is 17.7 Å². The van der Waals surface area contributed by atoms with Crippen molar-refractivity contribution in [1.29, 1.82) is 0 Å². The van der Waals surface area contributed by atoms with Crippen molar-refractivity contribution in [3.63, 3.8) is 0 Å². The van der Waals surface area contributed by atoms with Crippen LogP contribution in [0.5, 0.6) is 11.5 Å². The lowest BCUT2D eigenvalue weighted by Gasteiger charge is -2.14. The normalized spacial score (nSPS) is 10.9. The van der Waals surface area contributed by atoms with Gasteiger partial charge in [0.15, 0.2) is 17.8 Å². The van der Waals surface area contributed by atoms with Gasteiger partial charge in [-0.25, -0.2) is 0 Å². The summed E-state index contributed by atoms with van der Waals surface area (Å²) in [4.78, 5) is 0. The van der Waals surface area contributed by atoms with Crippen LogP contribution >= 0.6 is 0 Å². The molecule has 16 heavy (non-hydrogen) atoms. The van der Waals surface area contributed by atoms with Crippen molar-refractivity contribution in [3.05, 3.63) is 23.8 Å². The number of benzene rings is 1. The second-order valence-electron chi connectivity index (χ2n) is 3.35. The number of hydrogen-bond acceptors (Lipinski definition) is 5. The molecule has 0 unspecified atom stereocenters. The van der Waals surface area contributed by atoms with Crippen molar-refractivity contribution in [2.24, 2.45) is 0 Å². The second-order valence-corrected chi connectivity index (χ2v) is 3.35. The van der Waals surface area contributed by atoms with Gasteiger partial charge in [0.2, 0.25) is 0 Å². The molecular weight excluding hydrogens is 210 g/mol. The first-order valence-electron chi connectivity index (χ1n) is 4.94. The third-order valence-corrected chi connectivity index (χ3v) is 2.21. The minimum Gasteiger partial charge on any atom is -0.504 e. The van der Waals surface area contributed by atoms with Crippen molar-refractivity contribution in [3.8, 4) is 11.5 Å². The zero-order chi connectivity index (χ0) is 12.0. The maximum absolute atomic E-state index is 9.27. The first-order valence-corrected chi connectivity index (χ1v) is 4.94. The lowest BCUT2D eigenvalue weighted by molar-refractivity contribution is -0.0989. The highest BCUT2D eigenvalue weighted by atomic mass is 16.7. The molecule has 0 atom stereocenters. The van der Waals surface area contributed by atoms with Gasteiger partial charge >= 0.3 is 0 Å². The second kappa shape index (κ2) is 6.32. The Morgan fingerprint density at radius 1 is 1.19 bits per heavy atom. The van der Waals surface area contributed by atoms with Crippen LogP contribution in [0.1, 0.15) is 5.56 Å². The quantitative estimate of drug-likeness (QED) is 0.495. The van der Waals surface area contributed by atoms with Crippen molar-refractivity contribution in [1.82, 2.24) is 5.32 Å². The number of rotatable bonds is 6. The molecule has 0 aromatic heterocycles. The zero-order valence-corrected chi connectivity index (χ0v) is 9.43. The Hall–Kier alpha value is -1.30. The monoisotopic (exact) mass is 227 g/mol. The van der Waals surface area contributed by atoms with Crippen LogP contribution in [0.25, 0.3) is 0 Å². The minimum absolute atomic E-state index is 0.115. The van der Waals surface area contributed by atoms with E-state index in [2.05, 4.69) is 5.32 Å². The molecule has 90 valence electrons. The summed E-state index contributed by atoms with van der Waals surface area (Å²) in [5.41, 5.74) is 0.876. The van der Waals surface area contributed by atoms with E-state index in [1.807, 2.05) is 0 Å². The third kappa shape index (κ3) is 3.69. The lowest BCUT2D eigenvalue weighted by atomic mass is 10.2. The van der Waals surface area contributed by atoms with Gasteiger partial charge in [0.25, 0.3) is 0 Å². The van der Waals surface area contributed by atoms with E-state index in [0.717, 1.165) is 5.56 Å². The van der Waals surface area contributed by atoms with E-state index in [4.69, 9.17) is 14.6 Å². The van der Waals surface area contributed by atoms with E-state index in [1.165, 1.54) is 12.1 Å². The Bertz CT molecular complexity index is 326. The predicted octanol–water partition coefficient (Wildman–Crippen LogP) is 0.806. The van der Waals surface area contributed by atoms with Crippen LogP contribution < -0.4 is 5.32 Å². The fourth-order valence-electron chi connectivity index (χ4n) is 1.28. The van der Waals surface area contributed by atoms with Gasteiger partial charge in [-0.1, -0.05) is 6.07 Å². The van der Waals surface area contributed by atoms with E-state index in [0.29, 0.717) is 13.1 Å². The van der Waals surface area contributed by atoms with Crippen LogP contribution in [0.3, 0.4) is 0 Å². The lowest BCUT2D eigenvalue weighted by Crippen LogP contribution is -2.29. The van der Waals surface area contributed by atoms with Crippen molar-refractivity contribution in [2.75, 3.05) is 20.8 Å². The fourth-order valence-corrected chi connectivity index (χ4v) is 1.28. The topological polar surface area (TPSA) is 71.0 Å². The van der Waals surface area contributed by atoms with Gasteiger partial charge in [-0.15, -0.1) is 0 Å². The van der Waals surface area contributed by atoms with Crippen molar-refractivity contribution in [2.45, 2.75) is 12.8 Å². The molecule has 1 aromatic carbocycles. The van der Waals surface area contributed by atoms with Gasteiger partial charge in [0.1, 0.15) is 0 Å². The average Bonchev–Trinajstić information content (AvgIpc) is 2.29. The number of phenolic OH excluding ortho intramolecular Hbond substituents is 2. The van der Waals surface area contributed by atoms with E-state index < -0.39 is 0 Å². The smallest absolute Gasteiger partial charge is 0.169 e. The molecule has 0 saturated heterocycles. The number of nitrogens with one attached hydrogen (secondary N) is 1. The number of methoxy groups -OCH3 is 2. The molecular formula is C11H17NO4. The van der Waals surface area contributed by atoms with Crippen LogP contribution in [-0.4, -0.2) is 37.3 Å². The molecule has 0 bridgehead atoms. The first-order chi connectivity index (χ1) is 7.67. The van der Waals surface area contributed by atoms with E-state index >= 15 is 0 Å². The molecule has 0 saturated carbocycles. The van der Waals surface area contributed by atoms with Gasteiger partial charge in [-0.2, -0.15) is 0 Å². The Labute approximate surface area is 94.6 Å². The van der Waals surface area contributed by atoms with Gasteiger partial charge in [-0.3, -0.25) is 0 Å². The highest BCUT2D eigenvalue weighted by molar-refractivity contribution is 5.40. The highest BCUT2D eigenvalue weighted by Crippen LogP contribution is 2.24. The standard InChI is InChI=1S/C11H17NO4/c1-15-11(16-2)7-12-6-8-3-4-9(13)10(14)5-8/h3-5,11-14H,6-7H2,1-2H3. The summed E-state index contributed by atoms with van der Waals surface area (Å²) in [6, 6.07) is 4.70. The van der Waals surface area contributed by atoms with Crippen LogP contribution in [-0.2, 0) is 16.0 Å². The molecule has 0 heterocycles. The molecule has 5 nitrogen and oxygen atoms in total. The molecule has 3 N–H and O–H groups in total. The molecule has 0 aliphatic heterocycles. The van der Waals surface area contributed by atoms with Crippen molar-refractivity contribution >= 4 is 0 Å². The Balaban J connectivity index is 2.40. The van der Waals surface area contributed by atoms with Crippen LogP contribution in [0.4, 0.5) is 0 Å². The summed E-state index contributed by atoms with van der Waals surface area (Å²) in [5.74, 6) is -0.232. The number of hydrogen-bond donors (Lipinski definition) is 3. The molecule has 0 radical (unpaired) electrons. The molecule has 0 fully saturated rings. The summed E-state index contributed by atoms with van der Waals surface area (Å²) in [6.45, 7) is 1.12. The summed E-state index contributed by atoms with van der Waals surface area (Å²) in [5, 5.41) is 21.5. The van der Waals surface area contributed by atoms with E-state index in [-0.39, 0.29) is 17.8 Å². The summed E-state index contributed by atoms with van der Waals surface area (Å²) in [7, 11) is 3.14. The molecule has 0 aliphatic rings. The fraction of sp³-hybridized carbons (Fsp3) is 0.455. The van der Waals surface area contributed by atoms with Gasteiger partial charge < -0.3 is 25.0 Å².